The zero-order valence-electron chi connectivity index (χ0n) is 7.76. The van der Waals surface area contributed by atoms with Gasteiger partial charge in [-0.05, 0) is 12.1 Å². The predicted molar refractivity (Wildman–Crippen MR) is 45.3 cm³/mol. The number of hydrogen-bond acceptors (Lipinski definition) is 3. The molecule has 0 bridgehead atoms. The number of esters is 1. The number of carbonyl (C=O) groups excluding carboxylic acids is 1. The van der Waals surface area contributed by atoms with Crippen LogP contribution in [0.5, 0.6) is 0 Å². The van der Waals surface area contributed by atoms with Gasteiger partial charge in [0.25, 0.3) is 0 Å². The molecule has 0 aromatic heterocycles. The van der Waals surface area contributed by atoms with Gasteiger partial charge in [0.15, 0.2) is 11.6 Å². The van der Waals surface area contributed by atoms with Crippen LogP contribution < -0.4 is 5.73 Å². The fourth-order valence-corrected chi connectivity index (χ4v) is 1.07. The number of benzene rings is 1. The number of rotatable bonds is 2. The molecule has 0 aliphatic heterocycles. The highest BCUT2D eigenvalue weighted by Crippen LogP contribution is 2.22. The van der Waals surface area contributed by atoms with Crippen LogP contribution in [0.2, 0.25) is 0 Å². The highest BCUT2D eigenvalue weighted by molar-refractivity contribution is 5.77. The minimum absolute atomic E-state index is 0.609. The van der Waals surface area contributed by atoms with E-state index in [-0.39, 0.29) is 0 Å². The molecule has 15 heavy (non-hydrogen) atoms. The Morgan fingerprint density at radius 1 is 1.33 bits per heavy atom. The van der Waals surface area contributed by atoms with E-state index in [0.717, 1.165) is 7.11 Å². The van der Waals surface area contributed by atoms with E-state index >= 15 is 0 Å². The third-order valence-electron chi connectivity index (χ3n) is 1.85. The van der Waals surface area contributed by atoms with Gasteiger partial charge in [-0.2, -0.15) is 0 Å². The first-order valence-electron chi connectivity index (χ1n) is 3.95. The van der Waals surface area contributed by atoms with Crippen molar-refractivity contribution < 1.29 is 22.7 Å². The van der Waals surface area contributed by atoms with E-state index in [1.807, 2.05) is 0 Å². The molecule has 0 aliphatic carbocycles. The second kappa shape index (κ2) is 4.31. The third-order valence-corrected chi connectivity index (χ3v) is 1.85. The van der Waals surface area contributed by atoms with Crippen molar-refractivity contribution in [1.82, 2.24) is 0 Å². The molecular formula is C9H8F3NO2. The van der Waals surface area contributed by atoms with Gasteiger partial charge >= 0.3 is 5.97 Å². The van der Waals surface area contributed by atoms with Crippen molar-refractivity contribution in [3.8, 4) is 0 Å². The maximum atomic E-state index is 13.1. The lowest BCUT2D eigenvalue weighted by atomic mass is 10.1. The van der Waals surface area contributed by atoms with Crippen molar-refractivity contribution in [3.63, 3.8) is 0 Å². The Morgan fingerprint density at radius 2 is 1.87 bits per heavy atom. The van der Waals surface area contributed by atoms with Crippen LogP contribution in [-0.2, 0) is 9.53 Å². The van der Waals surface area contributed by atoms with E-state index in [2.05, 4.69) is 4.74 Å². The average molecular weight is 219 g/mol. The monoisotopic (exact) mass is 219 g/mol. The highest BCUT2D eigenvalue weighted by Gasteiger charge is 2.25. The summed E-state index contributed by atoms with van der Waals surface area (Å²) in [5, 5.41) is 0. The Hall–Kier alpha value is -1.56. The summed E-state index contributed by atoms with van der Waals surface area (Å²) in [7, 11) is 1.01. The Bertz CT molecular complexity index is 395. The summed E-state index contributed by atoms with van der Waals surface area (Å²) in [5.41, 5.74) is 4.37. The lowest BCUT2D eigenvalue weighted by Crippen LogP contribution is -2.25. The Balaban J connectivity index is 3.24. The summed E-state index contributed by atoms with van der Waals surface area (Å²) in [6.07, 6.45) is 0. The molecule has 0 heterocycles. The van der Waals surface area contributed by atoms with Crippen molar-refractivity contribution in [2.24, 2.45) is 5.73 Å². The molecule has 0 amide bonds. The topological polar surface area (TPSA) is 52.3 Å². The number of hydrogen-bond donors (Lipinski definition) is 1. The van der Waals surface area contributed by atoms with Crippen LogP contribution in [0.4, 0.5) is 13.2 Å². The van der Waals surface area contributed by atoms with Gasteiger partial charge in [-0.15, -0.1) is 0 Å². The molecule has 1 aromatic rings. The predicted octanol–water partition coefficient (Wildman–Crippen LogP) is 1.28. The van der Waals surface area contributed by atoms with Gasteiger partial charge in [0.2, 0.25) is 0 Å². The summed E-state index contributed by atoms with van der Waals surface area (Å²) >= 11 is 0. The Morgan fingerprint density at radius 3 is 2.40 bits per heavy atom. The van der Waals surface area contributed by atoms with Gasteiger partial charge in [0.1, 0.15) is 11.9 Å². The fourth-order valence-electron chi connectivity index (χ4n) is 1.07. The molecule has 0 saturated carbocycles. The van der Waals surface area contributed by atoms with Gasteiger partial charge in [0, 0.05) is 0 Å². The summed E-state index contributed by atoms with van der Waals surface area (Å²) in [5.74, 6) is -4.89. The molecule has 0 unspecified atom stereocenters. The molecule has 82 valence electrons. The van der Waals surface area contributed by atoms with Crippen LogP contribution in [0.1, 0.15) is 11.6 Å². The molecule has 1 rings (SSSR count). The largest absolute Gasteiger partial charge is 0.468 e. The molecule has 0 spiro atoms. The first-order valence-corrected chi connectivity index (χ1v) is 3.95. The van der Waals surface area contributed by atoms with Crippen LogP contribution in [0, 0.1) is 17.5 Å². The molecule has 0 aliphatic rings. The van der Waals surface area contributed by atoms with E-state index in [1.165, 1.54) is 0 Å². The van der Waals surface area contributed by atoms with Crippen molar-refractivity contribution in [2.75, 3.05) is 7.11 Å². The molecule has 1 aromatic carbocycles. The number of halogens is 3. The maximum absolute atomic E-state index is 13.1. The van der Waals surface area contributed by atoms with Crippen molar-refractivity contribution in [3.05, 3.63) is 35.1 Å². The average Bonchev–Trinajstić information content (AvgIpc) is 2.22. The summed E-state index contributed by atoms with van der Waals surface area (Å²) < 4.78 is 43.1. The lowest BCUT2D eigenvalue weighted by Gasteiger charge is -2.11. The van der Waals surface area contributed by atoms with Gasteiger partial charge in [-0.1, -0.05) is 0 Å². The normalized spacial score (nSPS) is 12.3. The quantitative estimate of drug-likeness (QED) is 0.602. The maximum Gasteiger partial charge on any atom is 0.327 e. The van der Waals surface area contributed by atoms with Crippen LogP contribution in [-0.4, -0.2) is 13.1 Å². The van der Waals surface area contributed by atoms with E-state index in [4.69, 9.17) is 5.73 Å². The fraction of sp³-hybridized carbons (Fsp3) is 0.222. The van der Waals surface area contributed by atoms with E-state index in [1.54, 1.807) is 0 Å². The van der Waals surface area contributed by atoms with Gasteiger partial charge in [0.05, 0.1) is 12.7 Å². The van der Waals surface area contributed by atoms with Gasteiger partial charge in [-0.25, -0.2) is 13.2 Å². The Labute approximate surface area is 83.6 Å². The van der Waals surface area contributed by atoms with Gasteiger partial charge in [-0.3, -0.25) is 4.79 Å². The summed E-state index contributed by atoms with van der Waals surface area (Å²) in [6, 6.07) is -0.375. The van der Waals surface area contributed by atoms with Crippen LogP contribution in [0.3, 0.4) is 0 Å². The minimum Gasteiger partial charge on any atom is -0.468 e. The number of methoxy groups -OCH3 is 1. The smallest absolute Gasteiger partial charge is 0.327 e. The second-order valence-electron chi connectivity index (χ2n) is 2.76. The van der Waals surface area contributed by atoms with Crippen LogP contribution >= 0.6 is 0 Å². The first kappa shape index (κ1) is 11.5. The molecule has 3 nitrogen and oxygen atoms in total. The van der Waals surface area contributed by atoms with Gasteiger partial charge < -0.3 is 10.5 Å². The van der Waals surface area contributed by atoms with Crippen molar-refractivity contribution in [2.45, 2.75) is 6.04 Å². The standard InChI is InChI=1S/C9H8F3NO2/c1-15-9(14)8(13)6-4(10)2-3-5(11)7(6)12/h2-3,8H,13H2,1H3/t8-/m0/s1. The lowest BCUT2D eigenvalue weighted by molar-refractivity contribution is -0.142. The van der Waals surface area contributed by atoms with E-state index in [9.17, 15) is 18.0 Å². The zero-order valence-corrected chi connectivity index (χ0v) is 7.76. The molecule has 0 radical (unpaired) electrons. The minimum atomic E-state index is -1.68. The molecule has 6 heteroatoms. The summed E-state index contributed by atoms with van der Waals surface area (Å²) in [4.78, 5) is 10.9. The van der Waals surface area contributed by atoms with Crippen molar-refractivity contribution in [1.29, 1.82) is 0 Å². The highest BCUT2D eigenvalue weighted by atomic mass is 19.2. The molecule has 2 N–H and O–H groups in total. The Kier molecular flexibility index (Phi) is 3.31. The first-order chi connectivity index (χ1) is 6.99. The number of nitrogens with two attached hydrogens (primary N) is 1. The van der Waals surface area contributed by atoms with E-state index in [0.29, 0.717) is 12.1 Å². The third kappa shape index (κ3) is 2.10. The van der Waals surface area contributed by atoms with E-state index < -0.39 is 35.0 Å². The summed E-state index contributed by atoms with van der Waals surface area (Å²) in [6.45, 7) is 0. The number of carbonyl (C=O) groups is 1. The second-order valence-corrected chi connectivity index (χ2v) is 2.76. The number of ether oxygens (including phenoxy) is 1. The van der Waals surface area contributed by atoms with Crippen LogP contribution in [0.15, 0.2) is 12.1 Å². The molecular weight excluding hydrogens is 211 g/mol. The molecule has 0 fully saturated rings. The van der Waals surface area contributed by atoms with Crippen LogP contribution in [0.25, 0.3) is 0 Å². The SMILES string of the molecule is COC(=O)[C@@H](N)c1c(F)ccc(F)c1F. The zero-order chi connectivity index (χ0) is 11.6. The molecule has 1 atom stereocenters. The van der Waals surface area contributed by atoms with Crippen molar-refractivity contribution >= 4 is 5.97 Å². The molecule has 0 saturated heterocycles.